The molecule has 4 bridgehead atoms. The molecule has 5 aliphatic heterocycles. The minimum Gasteiger partial charge on any atom is -0.444 e. The van der Waals surface area contributed by atoms with E-state index in [0.717, 1.165) is 0 Å². The zero-order valence-electron chi connectivity index (χ0n) is 62.3. The molecule has 0 aliphatic carbocycles. The fraction of sp³-hybridized carbons (Fsp3) is 0.639. The number of nitrogens with zero attached hydrogens (tertiary/aromatic N) is 2. The van der Waals surface area contributed by atoms with Crippen molar-refractivity contribution in [2.75, 3.05) is 26.2 Å². The van der Waals surface area contributed by atoms with Gasteiger partial charge < -0.3 is 92.5 Å². The van der Waals surface area contributed by atoms with Crippen LogP contribution < -0.4 is 53.2 Å². The summed E-state index contributed by atoms with van der Waals surface area (Å²) in [6, 6.07) is -2.27. The van der Waals surface area contributed by atoms with Crippen molar-refractivity contribution in [2.45, 2.75) is 244 Å². The van der Waals surface area contributed by atoms with Crippen molar-refractivity contribution < 1.29 is 106 Å². The van der Waals surface area contributed by atoms with Gasteiger partial charge >= 0.3 is 12.2 Å². The Bertz CT molecular complexity index is 3310. The summed E-state index contributed by atoms with van der Waals surface area (Å²) in [6.45, 7) is 21.0. The van der Waals surface area contributed by atoms with Crippen LogP contribution in [0.1, 0.15) is 177 Å². The molecule has 3 saturated heterocycles. The fourth-order valence-corrected chi connectivity index (χ4v) is 13.0. The first-order chi connectivity index (χ1) is 49.6. The lowest BCUT2D eigenvalue weighted by Crippen LogP contribution is -2.70. The molecule has 16 atom stereocenters. The molecule has 7 rings (SSSR count). The largest absolute Gasteiger partial charge is 0.444 e. The molecule has 0 unspecified atom stereocenters. The molecule has 0 aromatic heterocycles. The molecule has 584 valence electrons. The predicted molar refractivity (Wildman–Crippen MR) is 376 cm³/mol. The second kappa shape index (κ2) is 35.9. The van der Waals surface area contributed by atoms with E-state index in [0.29, 0.717) is 9.80 Å². The van der Waals surface area contributed by atoms with E-state index in [2.05, 4.69) is 53.2 Å². The van der Waals surface area contributed by atoms with Gasteiger partial charge in [0.1, 0.15) is 96.2 Å². The van der Waals surface area contributed by atoms with E-state index in [1.165, 1.54) is 76.2 Å². The van der Waals surface area contributed by atoms with Crippen LogP contribution in [-0.2, 0) is 57.3 Å². The molecule has 0 spiro atoms. The topological polar surface area (TPSA) is 484 Å². The van der Waals surface area contributed by atoms with E-state index in [9.17, 15) is 78.0 Å². The van der Waals surface area contributed by atoms with Crippen LogP contribution in [0.5, 0.6) is 0 Å². The lowest BCUT2D eigenvalue weighted by atomic mass is 9.90. The van der Waals surface area contributed by atoms with Gasteiger partial charge in [0.2, 0.25) is 35.4 Å². The third-order valence-electron chi connectivity index (χ3n) is 18.3. The molecule has 3 fully saturated rings. The zero-order valence-corrected chi connectivity index (χ0v) is 62.3. The number of carbonyl (C=O) groups is 14. The number of rotatable bonds is 16. The second-order valence-corrected chi connectivity index (χ2v) is 30.8. The Hall–Kier alpha value is -9.22. The van der Waals surface area contributed by atoms with Crippen LogP contribution in [0.3, 0.4) is 0 Å². The summed E-state index contributed by atoms with van der Waals surface area (Å²) in [5.41, 5.74) is -2.27. The summed E-state index contributed by atoms with van der Waals surface area (Å²) < 4.78 is 23.3. The van der Waals surface area contributed by atoms with Crippen LogP contribution in [0.4, 0.5) is 9.59 Å². The number of hydrogen-bond donors (Lipinski definition) is 14. The highest BCUT2D eigenvalue weighted by Gasteiger charge is 2.58. The van der Waals surface area contributed by atoms with Gasteiger partial charge in [-0.3, -0.25) is 67.3 Å². The summed E-state index contributed by atoms with van der Waals surface area (Å²) in [7, 11) is 0. The van der Waals surface area contributed by atoms with E-state index in [-0.39, 0.29) is 85.7 Å². The van der Waals surface area contributed by atoms with Crippen LogP contribution in [-0.4, -0.2) is 248 Å². The van der Waals surface area contributed by atoms with Gasteiger partial charge in [-0.15, -0.1) is 0 Å². The average molecular weight is 1490 g/mol. The van der Waals surface area contributed by atoms with Gasteiger partial charge in [0.15, 0.2) is 12.2 Å². The van der Waals surface area contributed by atoms with Crippen LogP contribution >= 0.6 is 0 Å². The van der Waals surface area contributed by atoms with Gasteiger partial charge in [-0.2, -0.15) is 0 Å². The Balaban J connectivity index is 1.31. The molecule has 14 amide bonds. The van der Waals surface area contributed by atoms with Crippen molar-refractivity contribution in [2.24, 2.45) is 23.7 Å². The number of amides is 14. The molecule has 5 heterocycles. The van der Waals surface area contributed by atoms with E-state index >= 15 is 9.59 Å². The maximum absolute atomic E-state index is 15.2. The molecule has 34 nitrogen and oxygen atoms in total. The van der Waals surface area contributed by atoms with Crippen LogP contribution in [0.25, 0.3) is 0 Å². The molecule has 2 aromatic rings. The smallest absolute Gasteiger partial charge is 0.407 e. The van der Waals surface area contributed by atoms with Crippen molar-refractivity contribution in [1.29, 1.82) is 0 Å². The van der Waals surface area contributed by atoms with Crippen molar-refractivity contribution in [3.63, 3.8) is 0 Å². The van der Waals surface area contributed by atoms with E-state index in [1.807, 2.05) is 0 Å². The van der Waals surface area contributed by atoms with Crippen molar-refractivity contribution in [1.82, 2.24) is 63.0 Å². The van der Waals surface area contributed by atoms with Crippen molar-refractivity contribution in [3.05, 3.63) is 70.8 Å². The molecule has 34 heteroatoms. The third kappa shape index (κ3) is 21.1. The molecule has 0 radical (unpaired) electrons. The van der Waals surface area contributed by atoms with Gasteiger partial charge in [-0.25, -0.2) is 9.59 Å². The van der Waals surface area contributed by atoms with Crippen LogP contribution in [0, 0.1) is 23.7 Å². The SMILES string of the molecule is CC(C)C[C@@H]1NC(=O)[C@H](CCCNC(=O)OC(C)(C)C)NC(=O)[C@H](C(C)C)NC(=O)[C@@H]2O[C@H](CNC(=O)[C@H](CC(C)C)NC(=O)[C@H](CCCNC(=O)OC(C)(C)C)NC(=O)[C@H](C(C)C)NC(=O)[C@@H]3O[C@H](CNC1=O)[C@@H](O)[C@H](O)[C@H]3N1C(=O)c3ccccc3C1=O)[C@@H](O)[C@H](O)[C@H]2N1C(=O)c2ccccc2C1=O. The minimum absolute atomic E-state index is 0.0343. The highest BCUT2D eigenvalue weighted by molar-refractivity contribution is 6.22. The summed E-state index contributed by atoms with van der Waals surface area (Å²) in [5.74, 6) is -14.8. The number of fused-ring (bicyclic) bond motifs is 6. The highest BCUT2D eigenvalue weighted by atomic mass is 16.6. The number of aliphatic hydroxyl groups is 4. The quantitative estimate of drug-likeness (QED) is 0.0741. The number of alkyl carbamates (subject to hydrolysis) is 2. The van der Waals surface area contributed by atoms with E-state index < -0.39 is 216 Å². The third-order valence-corrected chi connectivity index (χ3v) is 18.3. The van der Waals surface area contributed by atoms with E-state index in [4.69, 9.17) is 18.9 Å². The first-order valence-corrected chi connectivity index (χ1v) is 35.9. The number of nitrogens with one attached hydrogen (secondary N) is 10. The fourth-order valence-electron chi connectivity index (χ4n) is 13.0. The van der Waals surface area contributed by atoms with Crippen LogP contribution in [0.2, 0.25) is 0 Å². The summed E-state index contributed by atoms with van der Waals surface area (Å²) in [5, 5.41) is 74.4. The second-order valence-electron chi connectivity index (χ2n) is 30.8. The molecule has 106 heavy (non-hydrogen) atoms. The number of ether oxygens (including phenoxy) is 4. The average Bonchev–Trinajstić information content (AvgIpc) is 1.56. The lowest BCUT2D eigenvalue weighted by Gasteiger charge is -2.45. The molecule has 2 aromatic carbocycles. The van der Waals surface area contributed by atoms with Gasteiger partial charge in [0, 0.05) is 26.2 Å². The minimum atomic E-state index is -2.21. The number of aliphatic hydroxyl groups excluding tert-OH is 4. The molecule has 5 aliphatic rings. The summed E-state index contributed by atoms with van der Waals surface area (Å²) in [4.78, 5) is 203. The highest BCUT2D eigenvalue weighted by Crippen LogP contribution is 2.35. The first-order valence-electron chi connectivity index (χ1n) is 35.9. The van der Waals surface area contributed by atoms with E-state index in [1.54, 1.807) is 69.2 Å². The monoisotopic (exact) mass is 1490 g/mol. The number of hydrogen-bond acceptors (Lipinski definition) is 22. The number of benzene rings is 2. The summed E-state index contributed by atoms with van der Waals surface area (Å²) >= 11 is 0. The molecule has 14 N–H and O–H groups in total. The summed E-state index contributed by atoms with van der Waals surface area (Å²) in [6.07, 6.45) is -18.9. The van der Waals surface area contributed by atoms with Gasteiger partial charge in [-0.05, 0) is 128 Å². The standard InChI is InChI=1S/C72H104N12O22/c1-33(2)29-43-57(89)75-31-45-51(85)53(87)49(83-65(97)37-21-15-16-22-38(37)66(83)98)55(103-45)63(95)82-48(36(7)8)62(94)78-42(26-20-28-74-70(102)106-72(12,13)14)60(92)80-44(30-34(3)4)58(90)76-32-46-52(86)54(88)50(84-67(99)39-23-17-18-24-40(39)68(84)100)56(104-46)64(96)81-47(35(5)6)61(93)77-41(59(91)79-43)25-19-27-73-69(101)105-71(9,10)11/h15-18,21-24,33-36,41-56,85-88H,19-20,25-32H2,1-14H3,(H,73,101)(H,74,102)(H,75,89)(H,76,90)(H,77,93)(H,78,94)(H,79,91)(H,80,92)(H,81,96)(H,82,95)/t41-,42-,43-,44-,45+,46+,47-,48-,49+,50+,51+,52+,53+,54+,55+,56+/m0/s1. The Morgan fingerprint density at radius 2 is 0.745 bits per heavy atom. The zero-order chi connectivity index (χ0) is 78.7. The van der Waals surface area contributed by atoms with Crippen molar-refractivity contribution in [3.8, 4) is 0 Å². The maximum atomic E-state index is 15.2. The Morgan fingerprint density at radius 1 is 0.443 bits per heavy atom. The predicted octanol–water partition coefficient (Wildman–Crippen LogP) is -0.537. The molecular weight excluding hydrogens is 1380 g/mol. The maximum Gasteiger partial charge on any atom is 0.407 e. The Kier molecular flexibility index (Phi) is 28.5. The number of carbonyl (C=O) groups excluding carboxylic acids is 14. The Morgan fingerprint density at radius 3 is 1.03 bits per heavy atom. The van der Waals surface area contributed by atoms with Crippen LogP contribution in [0.15, 0.2) is 48.5 Å². The van der Waals surface area contributed by atoms with Gasteiger partial charge in [0.25, 0.3) is 35.4 Å². The van der Waals surface area contributed by atoms with Gasteiger partial charge in [0.05, 0.1) is 22.3 Å². The Labute approximate surface area is 614 Å². The molecule has 0 saturated carbocycles. The van der Waals surface area contributed by atoms with Gasteiger partial charge in [-0.1, -0.05) is 79.7 Å². The normalized spacial score (nSPS) is 28.7. The number of imide groups is 2. The lowest BCUT2D eigenvalue weighted by molar-refractivity contribution is -0.198. The first kappa shape index (κ1) is 84.0. The molecular formula is C72H104N12O22. The van der Waals surface area contributed by atoms with Crippen molar-refractivity contribution >= 4 is 83.1 Å².